The third-order valence-electron chi connectivity index (χ3n) is 4.74. The minimum absolute atomic E-state index is 0.00694. The van der Waals surface area contributed by atoms with Crippen molar-refractivity contribution in [3.05, 3.63) is 65.4 Å². The number of nitrogens with zero attached hydrogens (tertiary/aromatic N) is 1. The fourth-order valence-corrected chi connectivity index (χ4v) is 3.53. The number of amides is 1. The van der Waals surface area contributed by atoms with Gasteiger partial charge in [-0.3, -0.25) is 9.69 Å². The summed E-state index contributed by atoms with van der Waals surface area (Å²) < 4.78 is 10.4. The minimum Gasteiger partial charge on any atom is -0.504 e. The molecule has 0 unspecified atom stereocenters. The highest BCUT2D eigenvalue weighted by Crippen LogP contribution is 2.43. The maximum atomic E-state index is 12.9. The van der Waals surface area contributed by atoms with Crippen molar-refractivity contribution < 1.29 is 24.2 Å². The van der Waals surface area contributed by atoms with Crippen molar-refractivity contribution in [3.63, 3.8) is 0 Å². The number of aromatic hydroxyl groups is 1. The summed E-state index contributed by atoms with van der Waals surface area (Å²) in [6.07, 6.45) is 0.136. The first kappa shape index (κ1) is 16.2. The summed E-state index contributed by atoms with van der Waals surface area (Å²) >= 11 is 0. The lowest BCUT2D eigenvalue weighted by Gasteiger charge is -2.32. The van der Waals surface area contributed by atoms with E-state index in [9.17, 15) is 14.7 Å². The lowest BCUT2D eigenvalue weighted by Crippen LogP contribution is -2.37. The molecule has 2 aliphatic rings. The van der Waals surface area contributed by atoms with Crippen molar-refractivity contribution >= 4 is 17.6 Å². The van der Waals surface area contributed by atoms with Crippen LogP contribution in [0.15, 0.2) is 59.8 Å². The molecule has 0 bridgehead atoms. The van der Waals surface area contributed by atoms with E-state index in [2.05, 4.69) is 0 Å². The van der Waals surface area contributed by atoms with Gasteiger partial charge in [0.2, 0.25) is 5.91 Å². The first-order valence-corrected chi connectivity index (χ1v) is 8.25. The molecular formula is C20H17NO5. The Morgan fingerprint density at radius 1 is 1.15 bits per heavy atom. The molecule has 132 valence electrons. The van der Waals surface area contributed by atoms with Gasteiger partial charge in [0.05, 0.1) is 18.4 Å². The van der Waals surface area contributed by atoms with Crippen LogP contribution in [-0.4, -0.2) is 30.7 Å². The predicted molar refractivity (Wildman–Crippen MR) is 93.9 cm³/mol. The van der Waals surface area contributed by atoms with Gasteiger partial charge in [-0.15, -0.1) is 0 Å². The van der Waals surface area contributed by atoms with Crippen LogP contribution >= 0.6 is 0 Å². The van der Waals surface area contributed by atoms with Crippen LogP contribution in [0, 0.1) is 0 Å². The van der Waals surface area contributed by atoms with E-state index in [4.69, 9.17) is 9.47 Å². The highest BCUT2D eigenvalue weighted by molar-refractivity contribution is 6.06. The van der Waals surface area contributed by atoms with Crippen LogP contribution in [-0.2, 0) is 14.3 Å². The molecule has 2 aromatic rings. The van der Waals surface area contributed by atoms with E-state index >= 15 is 0 Å². The number of phenolic OH excluding ortho intramolecular Hbond substituents is 1. The normalized spacial score (nSPS) is 19.4. The van der Waals surface area contributed by atoms with Crippen LogP contribution in [0.3, 0.4) is 0 Å². The number of benzene rings is 2. The maximum absolute atomic E-state index is 12.9. The van der Waals surface area contributed by atoms with E-state index < -0.39 is 11.9 Å². The number of cyclic esters (lactones) is 1. The smallest absolute Gasteiger partial charge is 0.336 e. The van der Waals surface area contributed by atoms with Crippen molar-refractivity contribution in [1.29, 1.82) is 0 Å². The lowest BCUT2D eigenvalue weighted by atomic mass is 9.84. The van der Waals surface area contributed by atoms with Crippen LogP contribution in [0.2, 0.25) is 0 Å². The molecule has 2 aromatic carbocycles. The molecule has 0 radical (unpaired) electrons. The van der Waals surface area contributed by atoms with Gasteiger partial charge in [-0.2, -0.15) is 0 Å². The molecule has 2 heterocycles. The third kappa shape index (κ3) is 2.50. The maximum Gasteiger partial charge on any atom is 0.336 e. The number of ether oxygens (including phenoxy) is 2. The lowest BCUT2D eigenvalue weighted by molar-refractivity contribution is -0.136. The van der Waals surface area contributed by atoms with Crippen LogP contribution in [0.1, 0.15) is 17.9 Å². The Morgan fingerprint density at radius 2 is 1.92 bits per heavy atom. The first-order valence-electron chi connectivity index (χ1n) is 8.25. The van der Waals surface area contributed by atoms with E-state index in [1.807, 2.05) is 30.3 Å². The van der Waals surface area contributed by atoms with Crippen LogP contribution in [0.4, 0.5) is 5.69 Å². The molecule has 6 heteroatoms. The Balaban J connectivity index is 1.83. The zero-order chi connectivity index (χ0) is 18.3. The van der Waals surface area contributed by atoms with Crippen molar-refractivity contribution in [2.75, 3.05) is 18.6 Å². The van der Waals surface area contributed by atoms with Gasteiger partial charge in [0.15, 0.2) is 11.5 Å². The molecule has 0 saturated heterocycles. The number of carbonyl (C=O) groups is 2. The number of anilines is 1. The summed E-state index contributed by atoms with van der Waals surface area (Å²) in [6, 6.07) is 14.1. The second-order valence-electron chi connectivity index (χ2n) is 6.19. The van der Waals surface area contributed by atoms with Gasteiger partial charge in [-0.25, -0.2) is 4.79 Å². The molecule has 6 nitrogen and oxygen atoms in total. The van der Waals surface area contributed by atoms with Crippen molar-refractivity contribution in [3.8, 4) is 11.5 Å². The molecule has 0 fully saturated rings. The molecule has 1 N–H and O–H groups in total. The van der Waals surface area contributed by atoms with Crippen molar-refractivity contribution in [2.45, 2.75) is 12.3 Å². The molecule has 1 amide bonds. The Bertz CT molecular complexity index is 919. The Morgan fingerprint density at radius 3 is 2.65 bits per heavy atom. The zero-order valence-corrected chi connectivity index (χ0v) is 14.1. The van der Waals surface area contributed by atoms with E-state index in [1.54, 1.807) is 17.0 Å². The van der Waals surface area contributed by atoms with Gasteiger partial charge in [0, 0.05) is 18.0 Å². The fraction of sp³-hybridized carbons (Fsp3) is 0.200. The largest absolute Gasteiger partial charge is 0.504 e. The molecule has 1 atom stereocenters. The van der Waals surface area contributed by atoms with Gasteiger partial charge >= 0.3 is 5.97 Å². The number of methoxy groups -OCH3 is 1. The van der Waals surface area contributed by atoms with E-state index in [0.717, 1.165) is 5.56 Å². The minimum atomic E-state index is -0.429. The highest BCUT2D eigenvalue weighted by Gasteiger charge is 2.43. The van der Waals surface area contributed by atoms with Crippen LogP contribution in [0.25, 0.3) is 0 Å². The van der Waals surface area contributed by atoms with Crippen LogP contribution < -0.4 is 9.64 Å². The number of hydrogen-bond donors (Lipinski definition) is 1. The summed E-state index contributed by atoms with van der Waals surface area (Å²) in [5.41, 5.74) is 2.51. The molecule has 2 aliphatic heterocycles. The number of phenols is 1. The Labute approximate surface area is 150 Å². The average molecular weight is 351 g/mol. The molecule has 26 heavy (non-hydrogen) atoms. The standard InChI is InChI=1S/C20H17NO5/c1-25-17-9-12(7-8-16(17)22)14-10-18(23)21(13-5-3-2-4-6-13)15-11-26-20(24)19(14)15/h2-9,14,22H,10-11H2,1H3/t14-/m0/s1. The van der Waals surface area contributed by atoms with E-state index in [0.29, 0.717) is 22.7 Å². The second kappa shape index (κ2) is 6.22. The molecule has 0 spiro atoms. The van der Waals surface area contributed by atoms with Gasteiger partial charge in [0.25, 0.3) is 0 Å². The predicted octanol–water partition coefficient (Wildman–Crippen LogP) is 2.73. The second-order valence-corrected chi connectivity index (χ2v) is 6.19. The summed E-state index contributed by atoms with van der Waals surface area (Å²) in [6.45, 7) is 0.0700. The Kier molecular flexibility index (Phi) is 3.88. The van der Waals surface area contributed by atoms with E-state index in [-0.39, 0.29) is 24.7 Å². The number of para-hydroxylation sites is 1. The number of esters is 1. The Hall–Kier alpha value is -3.28. The molecule has 4 rings (SSSR count). The summed E-state index contributed by atoms with van der Waals surface area (Å²) in [5.74, 6) is -0.640. The van der Waals surface area contributed by atoms with Crippen LogP contribution in [0.5, 0.6) is 11.5 Å². The number of carbonyl (C=O) groups excluding carboxylic acids is 2. The third-order valence-corrected chi connectivity index (χ3v) is 4.74. The average Bonchev–Trinajstić information content (AvgIpc) is 3.04. The summed E-state index contributed by atoms with van der Waals surface area (Å²) in [4.78, 5) is 26.9. The molecule has 0 aliphatic carbocycles. The molecule has 0 saturated carbocycles. The van der Waals surface area contributed by atoms with Gasteiger partial charge in [-0.05, 0) is 29.8 Å². The van der Waals surface area contributed by atoms with E-state index in [1.165, 1.54) is 13.2 Å². The first-order chi connectivity index (χ1) is 12.6. The highest BCUT2D eigenvalue weighted by atomic mass is 16.5. The summed E-state index contributed by atoms with van der Waals surface area (Å²) in [7, 11) is 1.45. The topological polar surface area (TPSA) is 76.1 Å². The zero-order valence-electron chi connectivity index (χ0n) is 14.1. The van der Waals surface area contributed by atoms with Gasteiger partial charge in [-0.1, -0.05) is 24.3 Å². The van der Waals surface area contributed by atoms with Crippen molar-refractivity contribution in [2.24, 2.45) is 0 Å². The fourth-order valence-electron chi connectivity index (χ4n) is 3.53. The van der Waals surface area contributed by atoms with Gasteiger partial charge < -0.3 is 14.6 Å². The monoisotopic (exact) mass is 351 g/mol. The molecule has 0 aromatic heterocycles. The number of hydrogen-bond acceptors (Lipinski definition) is 5. The number of rotatable bonds is 3. The molecular weight excluding hydrogens is 334 g/mol. The summed E-state index contributed by atoms with van der Waals surface area (Å²) in [5, 5.41) is 9.81. The quantitative estimate of drug-likeness (QED) is 0.861. The van der Waals surface area contributed by atoms with Gasteiger partial charge in [0.1, 0.15) is 6.61 Å². The SMILES string of the molecule is COc1cc([C@@H]2CC(=O)N(c3ccccc3)C3=C2C(=O)OC3)ccc1O. The van der Waals surface area contributed by atoms with Crippen molar-refractivity contribution in [1.82, 2.24) is 0 Å².